The number of methoxy groups -OCH3 is 3. The highest BCUT2D eigenvalue weighted by atomic mass is 16.5. The number of hydrogen-bond donors (Lipinski definition) is 2. The van der Waals surface area contributed by atoms with Crippen LogP contribution in [0, 0.1) is 11.3 Å². The van der Waals surface area contributed by atoms with Gasteiger partial charge in [-0.3, -0.25) is 4.79 Å². The van der Waals surface area contributed by atoms with Crippen molar-refractivity contribution in [1.29, 1.82) is 5.26 Å². The molecule has 0 heterocycles. The fourth-order valence-electron chi connectivity index (χ4n) is 1.59. The number of carbonyl (C=O) groups excluding carboxylic acids is 1. The SMILES string of the molecule is COCCNC(=O)/C(C#N)=C\Nc1ccc(OC)c(OC)c1. The molecule has 0 spiro atoms. The standard InChI is InChI=1S/C15H19N3O4/c1-20-7-6-17-15(19)11(9-16)10-18-12-4-5-13(21-2)14(8-12)22-3/h4-5,8,10,18H,6-7H2,1-3H3,(H,17,19)/b11-10-. The van der Waals surface area contributed by atoms with Gasteiger partial charge < -0.3 is 24.8 Å². The number of ether oxygens (including phenoxy) is 3. The van der Waals surface area contributed by atoms with Gasteiger partial charge in [-0.05, 0) is 12.1 Å². The van der Waals surface area contributed by atoms with Crippen molar-refractivity contribution in [1.82, 2.24) is 5.32 Å². The largest absolute Gasteiger partial charge is 0.493 e. The summed E-state index contributed by atoms with van der Waals surface area (Å²) in [5.41, 5.74) is 0.626. The molecule has 0 aliphatic carbocycles. The summed E-state index contributed by atoms with van der Waals surface area (Å²) in [7, 11) is 4.61. The molecular weight excluding hydrogens is 286 g/mol. The number of nitrogens with one attached hydrogen (secondary N) is 2. The van der Waals surface area contributed by atoms with Crippen LogP contribution >= 0.6 is 0 Å². The molecular formula is C15H19N3O4. The fourth-order valence-corrected chi connectivity index (χ4v) is 1.59. The van der Waals surface area contributed by atoms with Crippen LogP contribution in [0.15, 0.2) is 30.0 Å². The molecule has 1 aromatic rings. The highest BCUT2D eigenvalue weighted by Gasteiger charge is 2.08. The molecule has 1 rings (SSSR count). The molecule has 0 aliphatic heterocycles. The zero-order valence-corrected chi connectivity index (χ0v) is 12.8. The van der Waals surface area contributed by atoms with Crippen molar-refractivity contribution in [3.05, 3.63) is 30.0 Å². The van der Waals surface area contributed by atoms with Crippen molar-refractivity contribution in [2.45, 2.75) is 0 Å². The van der Waals surface area contributed by atoms with Crippen LogP contribution in [0.5, 0.6) is 11.5 Å². The highest BCUT2D eigenvalue weighted by Crippen LogP contribution is 2.29. The summed E-state index contributed by atoms with van der Waals surface area (Å²) < 4.78 is 15.1. The summed E-state index contributed by atoms with van der Waals surface area (Å²) in [6.07, 6.45) is 1.34. The van der Waals surface area contributed by atoms with E-state index in [1.54, 1.807) is 25.3 Å². The van der Waals surface area contributed by atoms with Crippen LogP contribution in [0.25, 0.3) is 0 Å². The van der Waals surface area contributed by atoms with Crippen molar-refractivity contribution >= 4 is 11.6 Å². The van der Waals surface area contributed by atoms with Crippen molar-refractivity contribution in [3.8, 4) is 17.6 Å². The van der Waals surface area contributed by atoms with Gasteiger partial charge in [-0.1, -0.05) is 0 Å². The number of nitrogens with zero attached hydrogens (tertiary/aromatic N) is 1. The lowest BCUT2D eigenvalue weighted by molar-refractivity contribution is -0.117. The second-order valence-electron chi connectivity index (χ2n) is 4.13. The van der Waals surface area contributed by atoms with E-state index in [1.165, 1.54) is 20.4 Å². The zero-order chi connectivity index (χ0) is 16.4. The predicted molar refractivity (Wildman–Crippen MR) is 81.8 cm³/mol. The number of carbonyl (C=O) groups is 1. The molecule has 0 saturated heterocycles. The predicted octanol–water partition coefficient (Wildman–Crippen LogP) is 1.29. The lowest BCUT2D eigenvalue weighted by atomic mass is 10.2. The fraction of sp³-hybridized carbons (Fsp3) is 0.333. The van der Waals surface area contributed by atoms with E-state index < -0.39 is 5.91 Å². The van der Waals surface area contributed by atoms with Gasteiger partial charge in [-0.15, -0.1) is 0 Å². The molecule has 1 amide bonds. The lowest BCUT2D eigenvalue weighted by Crippen LogP contribution is -2.28. The van der Waals surface area contributed by atoms with E-state index in [0.29, 0.717) is 30.3 Å². The molecule has 22 heavy (non-hydrogen) atoms. The van der Waals surface area contributed by atoms with E-state index in [9.17, 15) is 4.79 Å². The Hall–Kier alpha value is -2.72. The van der Waals surface area contributed by atoms with E-state index in [4.69, 9.17) is 19.5 Å². The van der Waals surface area contributed by atoms with Gasteiger partial charge in [0.1, 0.15) is 11.6 Å². The Morgan fingerprint density at radius 3 is 2.59 bits per heavy atom. The van der Waals surface area contributed by atoms with Crippen LogP contribution in [-0.4, -0.2) is 40.4 Å². The number of nitriles is 1. The first-order chi connectivity index (χ1) is 10.7. The summed E-state index contributed by atoms with van der Waals surface area (Å²) >= 11 is 0. The molecule has 7 nitrogen and oxygen atoms in total. The molecule has 0 fully saturated rings. The van der Waals surface area contributed by atoms with Gasteiger partial charge in [0.05, 0.1) is 20.8 Å². The normalized spacial score (nSPS) is 10.5. The molecule has 118 valence electrons. The second-order valence-corrected chi connectivity index (χ2v) is 4.13. The first-order valence-corrected chi connectivity index (χ1v) is 6.52. The molecule has 0 aromatic heterocycles. The molecule has 0 radical (unpaired) electrons. The number of amides is 1. The average molecular weight is 305 g/mol. The third kappa shape index (κ3) is 5.00. The molecule has 0 bridgehead atoms. The molecule has 0 atom stereocenters. The van der Waals surface area contributed by atoms with Crippen LogP contribution in [0.3, 0.4) is 0 Å². The van der Waals surface area contributed by atoms with Gasteiger partial charge in [0, 0.05) is 31.6 Å². The maximum atomic E-state index is 11.8. The third-order valence-electron chi connectivity index (χ3n) is 2.72. The Kier molecular flexibility index (Phi) is 7.29. The summed E-state index contributed by atoms with van der Waals surface area (Å²) in [4.78, 5) is 11.8. The lowest BCUT2D eigenvalue weighted by Gasteiger charge is -2.09. The first kappa shape index (κ1) is 17.3. The minimum absolute atomic E-state index is 0.0362. The van der Waals surface area contributed by atoms with Gasteiger partial charge in [-0.25, -0.2) is 0 Å². The van der Waals surface area contributed by atoms with Gasteiger partial charge >= 0.3 is 0 Å². The monoisotopic (exact) mass is 305 g/mol. The summed E-state index contributed by atoms with van der Waals surface area (Å²) in [5, 5.41) is 14.5. The van der Waals surface area contributed by atoms with Gasteiger partial charge in [0.2, 0.25) is 0 Å². The Balaban J connectivity index is 2.76. The van der Waals surface area contributed by atoms with Gasteiger partial charge in [-0.2, -0.15) is 5.26 Å². The minimum atomic E-state index is -0.465. The Morgan fingerprint density at radius 1 is 1.27 bits per heavy atom. The van der Waals surface area contributed by atoms with Crippen molar-refractivity contribution in [3.63, 3.8) is 0 Å². The van der Waals surface area contributed by atoms with Gasteiger partial charge in [0.15, 0.2) is 11.5 Å². The Morgan fingerprint density at radius 2 is 2.00 bits per heavy atom. The maximum absolute atomic E-state index is 11.8. The summed E-state index contributed by atoms with van der Waals surface area (Å²) in [6, 6.07) is 7.01. The topological polar surface area (TPSA) is 92.6 Å². The molecule has 1 aromatic carbocycles. The highest BCUT2D eigenvalue weighted by molar-refractivity contribution is 5.97. The Bertz CT molecular complexity index is 579. The Labute approximate surface area is 129 Å². The molecule has 7 heteroatoms. The second kappa shape index (κ2) is 9.26. The van der Waals surface area contributed by atoms with Crippen LogP contribution < -0.4 is 20.1 Å². The van der Waals surface area contributed by atoms with Crippen LogP contribution in [0.4, 0.5) is 5.69 Å². The molecule has 0 aliphatic rings. The van der Waals surface area contributed by atoms with Crippen molar-refractivity contribution in [2.75, 3.05) is 39.8 Å². The zero-order valence-electron chi connectivity index (χ0n) is 12.8. The number of anilines is 1. The summed E-state index contributed by atoms with van der Waals surface area (Å²) in [6.45, 7) is 0.721. The number of rotatable bonds is 8. The maximum Gasteiger partial charge on any atom is 0.263 e. The smallest absolute Gasteiger partial charge is 0.263 e. The van der Waals surface area contributed by atoms with E-state index in [-0.39, 0.29) is 5.57 Å². The molecule has 0 saturated carbocycles. The summed E-state index contributed by atoms with van der Waals surface area (Å²) in [5.74, 6) is 0.673. The molecule has 0 unspecified atom stereocenters. The average Bonchev–Trinajstić information content (AvgIpc) is 2.55. The van der Waals surface area contributed by atoms with Crippen LogP contribution in [0.2, 0.25) is 0 Å². The van der Waals surface area contributed by atoms with Crippen LogP contribution in [0.1, 0.15) is 0 Å². The van der Waals surface area contributed by atoms with Crippen molar-refractivity contribution in [2.24, 2.45) is 0 Å². The first-order valence-electron chi connectivity index (χ1n) is 6.52. The number of hydrogen-bond acceptors (Lipinski definition) is 6. The van der Waals surface area contributed by atoms with E-state index in [1.807, 2.05) is 6.07 Å². The molecule has 2 N–H and O–H groups in total. The van der Waals surface area contributed by atoms with Crippen molar-refractivity contribution < 1.29 is 19.0 Å². The van der Waals surface area contributed by atoms with Gasteiger partial charge in [0.25, 0.3) is 5.91 Å². The minimum Gasteiger partial charge on any atom is -0.493 e. The quantitative estimate of drug-likeness (QED) is 0.427. The van der Waals surface area contributed by atoms with E-state index >= 15 is 0 Å². The van der Waals surface area contributed by atoms with E-state index in [0.717, 1.165) is 0 Å². The third-order valence-corrected chi connectivity index (χ3v) is 2.72. The number of benzene rings is 1. The van der Waals surface area contributed by atoms with Crippen LogP contribution in [-0.2, 0) is 9.53 Å². The van der Waals surface area contributed by atoms with E-state index in [2.05, 4.69) is 10.6 Å².